The quantitative estimate of drug-likeness (QED) is 0.751. The van der Waals surface area contributed by atoms with E-state index in [1.54, 1.807) is 6.07 Å². The van der Waals surface area contributed by atoms with Gasteiger partial charge in [0.15, 0.2) is 11.6 Å². The van der Waals surface area contributed by atoms with Crippen molar-refractivity contribution in [1.82, 2.24) is 5.32 Å². The number of halogens is 2. The highest BCUT2D eigenvalue weighted by molar-refractivity contribution is 5.25. The van der Waals surface area contributed by atoms with Gasteiger partial charge in [-0.1, -0.05) is 19.9 Å². The third-order valence-electron chi connectivity index (χ3n) is 2.78. The van der Waals surface area contributed by atoms with Gasteiger partial charge < -0.3 is 10.4 Å². The molecule has 0 aliphatic heterocycles. The highest BCUT2D eigenvalue weighted by Crippen LogP contribution is 2.23. The van der Waals surface area contributed by atoms with Gasteiger partial charge in [0.05, 0.1) is 0 Å². The lowest BCUT2D eigenvalue weighted by atomic mass is 9.84. The molecule has 0 fully saturated rings. The van der Waals surface area contributed by atoms with E-state index < -0.39 is 11.6 Å². The second-order valence-electron chi connectivity index (χ2n) is 4.77. The Kier molecular flexibility index (Phi) is 5.02. The van der Waals surface area contributed by atoms with E-state index in [-0.39, 0.29) is 12.0 Å². The zero-order valence-corrected chi connectivity index (χ0v) is 10.3. The minimum Gasteiger partial charge on any atom is -0.396 e. The van der Waals surface area contributed by atoms with Gasteiger partial charge in [-0.3, -0.25) is 0 Å². The average Bonchev–Trinajstić information content (AvgIpc) is 2.28. The summed E-state index contributed by atoms with van der Waals surface area (Å²) in [6, 6.07) is 4.00. The number of hydrogen-bond acceptors (Lipinski definition) is 2. The van der Waals surface area contributed by atoms with Crippen LogP contribution in [0.4, 0.5) is 8.78 Å². The van der Waals surface area contributed by atoms with Gasteiger partial charge in [-0.15, -0.1) is 0 Å². The van der Waals surface area contributed by atoms with Crippen molar-refractivity contribution >= 4 is 0 Å². The summed E-state index contributed by atoms with van der Waals surface area (Å²) in [5.74, 6) is -1.64. The van der Waals surface area contributed by atoms with Gasteiger partial charge in [0, 0.05) is 18.6 Å². The van der Waals surface area contributed by atoms with Crippen molar-refractivity contribution in [2.24, 2.45) is 0 Å². The largest absolute Gasteiger partial charge is 0.396 e. The first-order valence-corrected chi connectivity index (χ1v) is 5.74. The van der Waals surface area contributed by atoms with Gasteiger partial charge in [-0.05, 0) is 30.7 Å². The van der Waals surface area contributed by atoms with E-state index in [0.717, 1.165) is 11.6 Å². The molecule has 4 heteroatoms. The number of benzene rings is 1. The van der Waals surface area contributed by atoms with Gasteiger partial charge in [0.25, 0.3) is 0 Å². The molecule has 17 heavy (non-hydrogen) atoms. The molecule has 2 N–H and O–H groups in total. The molecular formula is C13H19F2NO. The maximum Gasteiger partial charge on any atom is 0.159 e. The average molecular weight is 243 g/mol. The predicted octanol–water partition coefficient (Wildman–Crippen LogP) is 2.21. The molecule has 0 unspecified atom stereocenters. The number of nitrogens with one attached hydrogen (secondary N) is 1. The van der Waals surface area contributed by atoms with Crippen molar-refractivity contribution in [3.63, 3.8) is 0 Å². The number of hydrogen-bond donors (Lipinski definition) is 2. The molecule has 1 rings (SSSR count). The first-order valence-electron chi connectivity index (χ1n) is 5.74. The smallest absolute Gasteiger partial charge is 0.159 e. The molecule has 2 nitrogen and oxygen atoms in total. The second-order valence-corrected chi connectivity index (χ2v) is 4.77. The van der Waals surface area contributed by atoms with Crippen LogP contribution in [0.15, 0.2) is 18.2 Å². The lowest BCUT2D eigenvalue weighted by Gasteiger charge is -2.26. The molecule has 0 amide bonds. The lowest BCUT2D eigenvalue weighted by molar-refractivity contribution is 0.284. The fourth-order valence-corrected chi connectivity index (χ4v) is 1.62. The van der Waals surface area contributed by atoms with Crippen molar-refractivity contribution in [2.45, 2.75) is 25.7 Å². The van der Waals surface area contributed by atoms with Gasteiger partial charge in [-0.25, -0.2) is 8.78 Å². The third kappa shape index (κ3) is 4.06. The molecule has 0 saturated carbocycles. The zero-order chi connectivity index (χ0) is 12.9. The summed E-state index contributed by atoms with van der Waals surface area (Å²) < 4.78 is 25.9. The van der Waals surface area contributed by atoms with Gasteiger partial charge in [0.1, 0.15) is 0 Å². The molecular weight excluding hydrogens is 224 g/mol. The van der Waals surface area contributed by atoms with E-state index in [9.17, 15) is 8.78 Å². The Morgan fingerprint density at radius 3 is 2.53 bits per heavy atom. The zero-order valence-electron chi connectivity index (χ0n) is 10.3. The van der Waals surface area contributed by atoms with Crippen LogP contribution >= 0.6 is 0 Å². The van der Waals surface area contributed by atoms with Crippen LogP contribution in [0, 0.1) is 11.6 Å². The maximum atomic E-state index is 13.1. The number of aliphatic hydroxyl groups excluding tert-OH is 1. The first-order chi connectivity index (χ1) is 7.97. The SMILES string of the molecule is CC(C)(CNCCCO)c1ccc(F)c(F)c1. The Bertz CT molecular complexity index is 366. The van der Waals surface area contributed by atoms with Crippen LogP contribution in [0.1, 0.15) is 25.8 Å². The third-order valence-corrected chi connectivity index (χ3v) is 2.78. The minimum atomic E-state index is -0.821. The lowest BCUT2D eigenvalue weighted by Crippen LogP contribution is -2.33. The van der Waals surface area contributed by atoms with Gasteiger partial charge >= 0.3 is 0 Å². The van der Waals surface area contributed by atoms with Crippen molar-refractivity contribution in [3.05, 3.63) is 35.4 Å². The highest BCUT2D eigenvalue weighted by atomic mass is 19.2. The monoisotopic (exact) mass is 243 g/mol. The molecule has 0 aromatic heterocycles. The minimum absolute atomic E-state index is 0.151. The number of aliphatic hydroxyl groups is 1. The molecule has 96 valence electrons. The Morgan fingerprint density at radius 1 is 1.24 bits per heavy atom. The summed E-state index contributed by atoms with van der Waals surface area (Å²) >= 11 is 0. The van der Waals surface area contributed by atoms with Gasteiger partial charge in [-0.2, -0.15) is 0 Å². The second kappa shape index (κ2) is 6.07. The summed E-state index contributed by atoms with van der Waals surface area (Å²) in [6.07, 6.45) is 0.688. The summed E-state index contributed by atoms with van der Waals surface area (Å²) in [5, 5.41) is 11.8. The van der Waals surface area contributed by atoms with Crippen molar-refractivity contribution in [2.75, 3.05) is 19.7 Å². The van der Waals surface area contributed by atoms with E-state index >= 15 is 0 Å². The first kappa shape index (κ1) is 14.1. The predicted molar refractivity (Wildman–Crippen MR) is 64.0 cm³/mol. The fraction of sp³-hybridized carbons (Fsp3) is 0.538. The van der Waals surface area contributed by atoms with Crippen LogP contribution in [-0.4, -0.2) is 24.8 Å². The van der Waals surface area contributed by atoms with Crippen molar-refractivity contribution in [3.8, 4) is 0 Å². The summed E-state index contributed by atoms with van der Waals surface area (Å²) in [4.78, 5) is 0. The summed E-state index contributed by atoms with van der Waals surface area (Å²) in [6.45, 7) is 5.44. The molecule has 0 saturated heterocycles. The molecule has 0 atom stereocenters. The molecule has 0 bridgehead atoms. The summed E-state index contributed by atoms with van der Waals surface area (Å²) in [5.41, 5.74) is 0.483. The maximum absolute atomic E-state index is 13.1. The van der Waals surface area contributed by atoms with E-state index in [0.29, 0.717) is 19.5 Å². The van der Waals surface area contributed by atoms with E-state index in [2.05, 4.69) is 5.32 Å². The number of rotatable bonds is 6. The van der Waals surface area contributed by atoms with Crippen LogP contribution in [0.3, 0.4) is 0 Å². The fourth-order valence-electron chi connectivity index (χ4n) is 1.62. The van der Waals surface area contributed by atoms with Crippen LogP contribution in [0.5, 0.6) is 0 Å². The Balaban J connectivity index is 2.64. The Morgan fingerprint density at radius 2 is 1.94 bits per heavy atom. The molecule has 0 heterocycles. The van der Waals surface area contributed by atoms with Crippen LogP contribution in [0.25, 0.3) is 0 Å². The molecule has 0 radical (unpaired) electrons. The highest BCUT2D eigenvalue weighted by Gasteiger charge is 2.21. The van der Waals surface area contributed by atoms with Crippen LogP contribution < -0.4 is 5.32 Å². The molecule has 0 aliphatic rings. The van der Waals surface area contributed by atoms with Gasteiger partial charge in [0.2, 0.25) is 0 Å². The molecule has 1 aromatic carbocycles. The molecule has 0 aliphatic carbocycles. The van der Waals surface area contributed by atoms with E-state index in [1.807, 2.05) is 13.8 Å². The van der Waals surface area contributed by atoms with E-state index in [4.69, 9.17) is 5.11 Å². The van der Waals surface area contributed by atoms with Crippen molar-refractivity contribution in [1.29, 1.82) is 0 Å². The topological polar surface area (TPSA) is 32.3 Å². The van der Waals surface area contributed by atoms with Crippen LogP contribution in [0.2, 0.25) is 0 Å². The molecule has 1 aromatic rings. The molecule has 0 spiro atoms. The standard InChI is InChI=1S/C13H19F2NO/c1-13(2,9-16-6-3-7-17)10-4-5-11(14)12(15)8-10/h4-5,8,16-17H,3,6-7,9H2,1-2H3. The van der Waals surface area contributed by atoms with Crippen molar-refractivity contribution < 1.29 is 13.9 Å². The summed E-state index contributed by atoms with van der Waals surface area (Å²) in [7, 11) is 0. The van der Waals surface area contributed by atoms with Crippen LogP contribution in [-0.2, 0) is 5.41 Å². The van der Waals surface area contributed by atoms with E-state index in [1.165, 1.54) is 6.07 Å². The normalized spacial score (nSPS) is 11.8. The Labute approximate surface area is 101 Å². The Hall–Kier alpha value is -1.00.